The first-order valence-electron chi connectivity index (χ1n) is 9.90. The van der Waals surface area contributed by atoms with Gasteiger partial charge in [0.1, 0.15) is 11.3 Å². The predicted octanol–water partition coefficient (Wildman–Crippen LogP) is 5.19. The molecular formula is C24H21ClN2O6. The van der Waals surface area contributed by atoms with Crippen LogP contribution in [0.4, 0.5) is 5.69 Å². The average Bonchev–Trinajstić information content (AvgIpc) is 3.26. The van der Waals surface area contributed by atoms with Gasteiger partial charge in [-0.05, 0) is 54.6 Å². The smallest absolute Gasteiger partial charge is 0.262 e. The summed E-state index contributed by atoms with van der Waals surface area (Å²) in [6.45, 7) is -0.144. The second-order valence-corrected chi connectivity index (χ2v) is 7.34. The summed E-state index contributed by atoms with van der Waals surface area (Å²) in [5, 5.41) is 3.38. The van der Waals surface area contributed by atoms with E-state index in [9.17, 15) is 4.79 Å². The van der Waals surface area contributed by atoms with E-state index in [0.29, 0.717) is 56.3 Å². The number of aromatic nitrogens is 1. The highest BCUT2D eigenvalue weighted by molar-refractivity contribution is 6.30. The minimum atomic E-state index is -0.308. The Bertz CT molecular complexity index is 1260. The number of rotatable bonds is 8. The minimum absolute atomic E-state index is 0.144. The monoisotopic (exact) mass is 468 g/mol. The fourth-order valence-corrected chi connectivity index (χ4v) is 3.34. The van der Waals surface area contributed by atoms with Crippen molar-refractivity contribution in [3.05, 3.63) is 59.6 Å². The zero-order chi connectivity index (χ0) is 23.4. The van der Waals surface area contributed by atoms with Crippen LogP contribution in [-0.2, 0) is 4.79 Å². The van der Waals surface area contributed by atoms with Gasteiger partial charge in [0, 0.05) is 16.3 Å². The van der Waals surface area contributed by atoms with Crippen LogP contribution in [-0.4, -0.2) is 38.8 Å². The van der Waals surface area contributed by atoms with Crippen molar-refractivity contribution in [2.45, 2.75) is 0 Å². The molecule has 9 heteroatoms. The summed E-state index contributed by atoms with van der Waals surface area (Å²) in [5.41, 5.74) is 2.36. The first kappa shape index (κ1) is 22.3. The molecular weight excluding hydrogens is 448 g/mol. The van der Waals surface area contributed by atoms with Gasteiger partial charge in [-0.3, -0.25) is 4.79 Å². The van der Waals surface area contributed by atoms with Crippen molar-refractivity contribution in [3.8, 4) is 34.5 Å². The molecule has 33 heavy (non-hydrogen) atoms. The number of amides is 1. The van der Waals surface area contributed by atoms with E-state index >= 15 is 0 Å². The first-order chi connectivity index (χ1) is 16.0. The third-order valence-electron chi connectivity index (χ3n) is 4.77. The molecule has 1 heterocycles. The third kappa shape index (κ3) is 4.96. The molecule has 0 aliphatic heterocycles. The number of ether oxygens (including phenoxy) is 4. The van der Waals surface area contributed by atoms with Crippen molar-refractivity contribution in [1.29, 1.82) is 0 Å². The Morgan fingerprint density at radius 2 is 1.67 bits per heavy atom. The van der Waals surface area contributed by atoms with E-state index < -0.39 is 0 Å². The molecule has 0 atom stereocenters. The molecule has 0 saturated heterocycles. The summed E-state index contributed by atoms with van der Waals surface area (Å²) in [7, 11) is 4.62. The largest absolute Gasteiger partial charge is 0.493 e. The van der Waals surface area contributed by atoms with E-state index in [0.717, 1.165) is 0 Å². The highest BCUT2D eigenvalue weighted by Gasteiger charge is 2.17. The van der Waals surface area contributed by atoms with Gasteiger partial charge in [0.15, 0.2) is 23.7 Å². The van der Waals surface area contributed by atoms with E-state index in [2.05, 4.69) is 10.3 Å². The summed E-state index contributed by atoms with van der Waals surface area (Å²) in [5.74, 6) is 2.07. The Morgan fingerprint density at radius 1 is 0.970 bits per heavy atom. The van der Waals surface area contributed by atoms with Crippen molar-refractivity contribution < 1.29 is 28.2 Å². The van der Waals surface area contributed by atoms with Crippen molar-refractivity contribution in [2.24, 2.45) is 0 Å². The van der Waals surface area contributed by atoms with Crippen LogP contribution in [0.15, 0.2) is 59.0 Å². The van der Waals surface area contributed by atoms with Gasteiger partial charge in [-0.15, -0.1) is 0 Å². The molecule has 0 aliphatic carbocycles. The molecule has 0 saturated carbocycles. The second kappa shape index (κ2) is 9.70. The molecule has 170 valence electrons. The standard InChI is InChI=1S/C24H21ClN2O6/c1-29-20-10-14(11-21(30-2)23(20)31-3)24-27-18-12-16(6-9-19(18)33-24)26-22(28)13-32-17-7-4-15(25)5-8-17/h4-12H,13H2,1-3H3,(H,26,28). The minimum Gasteiger partial charge on any atom is -0.493 e. The molecule has 0 aliphatic rings. The Labute approximate surface area is 195 Å². The molecule has 0 bridgehead atoms. The normalized spacial score (nSPS) is 10.7. The van der Waals surface area contributed by atoms with E-state index in [4.69, 9.17) is 35.0 Å². The van der Waals surface area contributed by atoms with Crippen LogP contribution in [0.2, 0.25) is 5.02 Å². The molecule has 1 aromatic heterocycles. The van der Waals surface area contributed by atoms with Crippen LogP contribution in [0.1, 0.15) is 0 Å². The lowest BCUT2D eigenvalue weighted by Gasteiger charge is -2.12. The van der Waals surface area contributed by atoms with Crippen molar-refractivity contribution in [2.75, 3.05) is 33.3 Å². The van der Waals surface area contributed by atoms with Crippen molar-refractivity contribution in [3.63, 3.8) is 0 Å². The molecule has 8 nitrogen and oxygen atoms in total. The maximum atomic E-state index is 12.3. The van der Waals surface area contributed by atoms with Crippen LogP contribution in [0.5, 0.6) is 23.0 Å². The lowest BCUT2D eigenvalue weighted by Crippen LogP contribution is -2.20. The molecule has 1 amide bonds. The van der Waals surface area contributed by atoms with E-state index in [1.54, 1.807) is 68.8 Å². The Kier molecular flexibility index (Phi) is 6.55. The highest BCUT2D eigenvalue weighted by Crippen LogP contribution is 2.41. The lowest BCUT2D eigenvalue weighted by atomic mass is 10.2. The number of oxazole rings is 1. The number of fused-ring (bicyclic) bond motifs is 1. The van der Waals surface area contributed by atoms with Gasteiger partial charge < -0.3 is 28.7 Å². The van der Waals surface area contributed by atoms with Crippen molar-refractivity contribution >= 4 is 34.3 Å². The number of benzene rings is 3. The molecule has 0 fully saturated rings. The van der Waals surface area contributed by atoms with Crippen LogP contribution in [0, 0.1) is 0 Å². The summed E-state index contributed by atoms with van der Waals surface area (Å²) < 4.78 is 27.5. The number of hydrogen-bond acceptors (Lipinski definition) is 7. The van der Waals surface area contributed by atoms with Gasteiger partial charge in [-0.2, -0.15) is 0 Å². The number of carbonyl (C=O) groups excluding carboxylic acids is 1. The molecule has 4 rings (SSSR count). The van der Waals surface area contributed by atoms with Crippen molar-refractivity contribution in [1.82, 2.24) is 4.98 Å². The number of carbonyl (C=O) groups is 1. The summed E-state index contributed by atoms with van der Waals surface area (Å²) in [4.78, 5) is 16.8. The summed E-state index contributed by atoms with van der Waals surface area (Å²) >= 11 is 5.85. The van der Waals surface area contributed by atoms with E-state index in [1.807, 2.05) is 0 Å². The van der Waals surface area contributed by atoms with Crippen LogP contribution in [0.3, 0.4) is 0 Å². The van der Waals surface area contributed by atoms with Gasteiger partial charge in [-0.1, -0.05) is 11.6 Å². The van der Waals surface area contributed by atoms with Crippen LogP contribution in [0.25, 0.3) is 22.6 Å². The molecule has 0 radical (unpaired) electrons. The zero-order valence-corrected chi connectivity index (χ0v) is 18.9. The number of nitrogens with one attached hydrogen (secondary N) is 1. The average molecular weight is 469 g/mol. The number of anilines is 1. The number of nitrogens with zero attached hydrogens (tertiary/aromatic N) is 1. The lowest BCUT2D eigenvalue weighted by molar-refractivity contribution is -0.118. The van der Waals surface area contributed by atoms with Gasteiger partial charge in [0.2, 0.25) is 11.6 Å². The van der Waals surface area contributed by atoms with E-state index in [1.165, 1.54) is 7.11 Å². The topological polar surface area (TPSA) is 92.1 Å². The van der Waals surface area contributed by atoms with E-state index in [-0.39, 0.29) is 12.5 Å². The van der Waals surface area contributed by atoms with Gasteiger partial charge in [0.05, 0.1) is 21.3 Å². The second-order valence-electron chi connectivity index (χ2n) is 6.91. The number of halogens is 1. The zero-order valence-electron chi connectivity index (χ0n) is 18.2. The quantitative estimate of drug-likeness (QED) is 0.380. The van der Waals surface area contributed by atoms with Crippen LogP contribution < -0.4 is 24.3 Å². The maximum absolute atomic E-state index is 12.3. The Hall–Kier alpha value is -3.91. The fraction of sp³-hybridized carbons (Fsp3) is 0.167. The van der Waals surface area contributed by atoms with Gasteiger partial charge in [-0.25, -0.2) is 4.98 Å². The molecule has 0 unspecified atom stereocenters. The first-order valence-corrected chi connectivity index (χ1v) is 10.3. The number of methoxy groups -OCH3 is 3. The van der Waals surface area contributed by atoms with Crippen LogP contribution >= 0.6 is 11.6 Å². The highest BCUT2D eigenvalue weighted by atomic mass is 35.5. The fourth-order valence-electron chi connectivity index (χ4n) is 3.21. The number of hydrogen-bond donors (Lipinski definition) is 1. The molecule has 4 aromatic rings. The van der Waals surface area contributed by atoms with Gasteiger partial charge >= 0.3 is 0 Å². The predicted molar refractivity (Wildman–Crippen MR) is 125 cm³/mol. The molecule has 3 aromatic carbocycles. The molecule has 0 spiro atoms. The Morgan fingerprint density at radius 3 is 2.30 bits per heavy atom. The third-order valence-corrected chi connectivity index (χ3v) is 5.02. The molecule has 1 N–H and O–H groups in total. The maximum Gasteiger partial charge on any atom is 0.262 e. The Balaban J connectivity index is 1.51. The summed E-state index contributed by atoms with van der Waals surface area (Å²) in [6, 6.07) is 15.5. The van der Waals surface area contributed by atoms with Gasteiger partial charge in [0.25, 0.3) is 5.91 Å². The summed E-state index contributed by atoms with van der Waals surface area (Å²) in [6.07, 6.45) is 0. The SMILES string of the molecule is COc1cc(-c2nc3cc(NC(=O)COc4ccc(Cl)cc4)ccc3o2)cc(OC)c1OC.